The van der Waals surface area contributed by atoms with Crippen LogP contribution in [0.3, 0.4) is 0 Å². The molecule has 0 fully saturated rings. The molecule has 2 amide bonds. The highest BCUT2D eigenvalue weighted by Crippen LogP contribution is 2.30. The van der Waals surface area contributed by atoms with Gasteiger partial charge in [-0.3, -0.25) is 5.32 Å². The Balaban J connectivity index is 1.53. The van der Waals surface area contributed by atoms with Crippen molar-refractivity contribution in [2.75, 3.05) is 10.6 Å². The van der Waals surface area contributed by atoms with Gasteiger partial charge in [0.2, 0.25) is 5.13 Å². The summed E-state index contributed by atoms with van der Waals surface area (Å²) in [7, 11) is 0. The summed E-state index contributed by atoms with van der Waals surface area (Å²) in [6.07, 6.45) is 0. The highest BCUT2D eigenvalue weighted by Gasteiger charge is 2.10. The molecule has 0 saturated heterocycles. The van der Waals surface area contributed by atoms with Crippen LogP contribution in [0.25, 0.3) is 0 Å². The van der Waals surface area contributed by atoms with Gasteiger partial charge in [-0.15, -0.1) is 10.2 Å². The fourth-order valence-corrected chi connectivity index (χ4v) is 3.90. The molecule has 2 aromatic carbocycles. The summed E-state index contributed by atoms with van der Waals surface area (Å²) in [5.74, 6) is 0.297. The van der Waals surface area contributed by atoms with Gasteiger partial charge >= 0.3 is 6.03 Å². The van der Waals surface area contributed by atoms with Crippen molar-refractivity contribution in [1.29, 1.82) is 0 Å². The largest absolute Gasteiger partial charge is 0.325 e. The summed E-state index contributed by atoms with van der Waals surface area (Å²) >= 11 is 8.87. The predicted octanol–water partition coefficient (Wildman–Crippen LogP) is 5.27. The van der Waals surface area contributed by atoms with Gasteiger partial charge in [0.1, 0.15) is 5.82 Å². The Hall–Kier alpha value is -2.16. The lowest BCUT2D eigenvalue weighted by atomic mass is 10.2. The number of benzene rings is 2. The van der Waals surface area contributed by atoms with E-state index in [1.165, 1.54) is 47.4 Å². The zero-order valence-electron chi connectivity index (χ0n) is 12.7. The van der Waals surface area contributed by atoms with Crippen LogP contribution in [0.5, 0.6) is 0 Å². The molecule has 9 heteroatoms. The van der Waals surface area contributed by atoms with Gasteiger partial charge in [0.05, 0.1) is 0 Å². The third kappa shape index (κ3) is 5.15. The number of halogens is 2. The molecule has 0 aliphatic heterocycles. The van der Waals surface area contributed by atoms with Gasteiger partial charge < -0.3 is 5.32 Å². The van der Waals surface area contributed by atoms with Crippen LogP contribution in [0.2, 0.25) is 5.02 Å². The molecule has 3 rings (SSSR count). The molecule has 0 aliphatic carbocycles. The molecule has 1 heterocycles. The summed E-state index contributed by atoms with van der Waals surface area (Å²) in [5.41, 5.74) is 1.49. The minimum atomic E-state index is -0.467. The van der Waals surface area contributed by atoms with E-state index < -0.39 is 6.03 Å². The molecule has 128 valence electrons. The molecule has 3 aromatic rings. The van der Waals surface area contributed by atoms with Crippen LogP contribution >= 0.6 is 34.7 Å². The van der Waals surface area contributed by atoms with Crippen molar-refractivity contribution in [3.05, 3.63) is 64.9 Å². The van der Waals surface area contributed by atoms with Crippen molar-refractivity contribution >= 4 is 51.5 Å². The van der Waals surface area contributed by atoms with Gasteiger partial charge in [-0.2, -0.15) is 0 Å². The molecule has 0 unspecified atom stereocenters. The molecular weight excluding hydrogens is 383 g/mol. The lowest BCUT2D eigenvalue weighted by Gasteiger charge is -2.04. The zero-order chi connectivity index (χ0) is 17.6. The van der Waals surface area contributed by atoms with E-state index in [4.69, 9.17) is 11.6 Å². The maximum atomic E-state index is 12.8. The van der Waals surface area contributed by atoms with Crippen molar-refractivity contribution in [3.8, 4) is 0 Å². The van der Waals surface area contributed by atoms with Crippen LogP contribution in [-0.2, 0) is 5.75 Å². The van der Waals surface area contributed by atoms with Crippen molar-refractivity contribution in [2.45, 2.75) is 10.1 Å². The van der Waals surface area contributed by atoms with Gasteiger partial charge in [0, 0.05) is 16.5 Å². The van der Waals surface area contributed by atoms with E-state index in [2.05, 4.69) is 20.8 Å². The van der Waals surface area contributed by atoms with E-state index in [-0.39, 0.29) is 5.82 Å². The fraction of sp³-hybridized carbons (Fsp3) is 0.0625. The number of rotatable bonds is 5. The maximum Gasteiger partial charge on any atom is 0.325 e. The Morgan fingerprint density at radius 2 is 1.88 bits per heavy atom. The van der Waals surface area contributed by atoms with E-state index >= 15 is 0 Å². The fourth-order valence-electron chi connectivity index (χ4n) is 1.87. The summed E-state index contributed by atoms with van der Waals surface area (Å²) in [6.45, 7) is 0. The second-order valence-corrected chi connectivity index (χ2v) is 7.45. The third-order valence-corrected chi connectivity index (χ3v) is 5.43. The van der Waals surface area contributed by atoms with Crippen LogP contribution < -0.4 is 10.6 Å². The predicted molar refractivity (Wildman–Crippen MR) is 100.0 cm³/mol. The third-order valence-electron chi connectivity index (χ3n) is 3.04. The van der Waals surface area contributed by atoms with Crippen molar-refractivity contribution in [1.82, 2.24) is 10.2 Å². The van der Waals surface area contributed by atoms with E-state index in [1.807, 2.05) is 24.3 Å². The Labute approximate surface area is 156 Å². The van der Waals surface area contributed by atoms with E-state index in [1.54, 1.807) is 0 Å². The number of nitrogens with zero attached hydrogens (tertiary/aromatic N) is 2. The summed E-state index contributed by atoms with van der Waals surface area (Å²) in [6, 6.07) is 12.6. The number of carbonyl (C=O) groups excluding carboxylic acids is 1. The molecular formula is C16H12ClFN4OS2. The highest BCUT2D eigenvalue weighted by molar-refractivity contribution is 8.00. The van der Waals surface area contributed by atoms with Gasteiger partial charge in [-0.1, -0.05) is 52.9 Å². The SMILES string of the molecule is O=C(Nc1ccc(F)cc1)Nc1nnc(SCc2ccccc2Cl)s1. The topological polar surface area (TPSA) is 66.9 Å². The molecule has 0 aliphatic rings. The van der Waals surface area contributed by atoms with E-state index in [9.17, 15) is 9.18 Å². The average molecular weight is 395 g/mol. The molecule has 5 nitrogen and oxygen atoms in total. The molecule has 0 bridgehead atoms. The number of urea groups is 1. The number of aromatic nitrogens is 2. The van der Waals surface area contributed by atoms with Crippen molar-refractivity contribution < 1.29 is 9.18 Å². The number of amides is 2. The standard InChI is InChI=1S/C16H12ClFN4OS2/c17-13-4-2-1-3-10(13)9-24-16-22-21-15(25-16)20-14(23)19-12-7-5-11(18)6-8-12/h1-8H,9H2,(H2,19,20,21,23). The summed E-state index contributed by atoms with van der Waals surface area (Å²) in [5, 5.41) is 14.2. The Bertz CT molecular complexity index is 873. The van der Waals surface area contributed by atoms with Crippen LogP contribution in [0, 0.1) is 5.82 Å². The number of carbonyl (C=O) groups is 1. The van der Waals surface area contributed by atoms with Crippen LogP contribution in [0.4, 0.5) is 20.0 Å². The first-order valence-corrected chi connectivity index (χ1v) is 9.31. The first-order chi connectivity index (χ1) is 12.1. The second-order valence-electron chi connectivity index (χ2n) is 4.84. The lowest BCUT2D eigenvalue weighted by Crippen LogP contribution is -2.19. The molecule has 1 aromatic heterocycles. The van der Waals surface area contributed by atoms with Crippen LogP contribution in [0.15, 0.2) is 52.9 Å². The van der Waals surface area contributed by atoms with Crippen LogP contribution in [0.1, 0.15) is 5.56 Å². The molecule has 2 N–H and O–H groups in total. The highest BCUT2D eigenvalue weighted by atomic mass is 35.5. The van der Waals surface area contributed by atoms with Gasteiger partial charge in [0.25, 0.3) is 0 Å². The lowest BCUT2D eigenvalue weighted by molar-refractivity contribution is 0.262. The minimum Gasteiger partial charge on any atom is -0.308 e. The first-order valence-electron chi connectivity index (χ1n) is 7.13. The van der Waals surface area contributed by atoms with Crippen molar-refractivity contribution in [3.63, 3.8) is 0 Å². The number of hydrogen-bond acceptors (Lipinski definition) is 5. The summed E-state index contributed by atoms with van der Waals surface area (Å²) < 4.78 is 13.6. The monoisotopic (exact) mass is 394 g/mol. The molecule has 0 spiro atoms. The van der Waals surface area contributed by atoms with Gasteiger partial charge in [-0.05, 0) is 35.9 Å². The second kappa shape index (κ2) is 8.28. The zero-order valence-corrected chi connectivity index (χ0v) is 15.1. The average Bonchev–Trinajstić information content (AvgIpc) is 3.03. The maximum absolute atomic E-state index is 12.8. The number of anilines is 2. The van der Waals surface area contributed by atoms with E-state index in [0.29, 0.717) is 21.6 Å². The number of hydrogen-bond donors (Lipinski definition) is 2. The van der Waals surface area contributed by atoms with Crippen molar-refractivity contribution in [2.24, 2.45) is 0 Å². The van der Waals surface area contributed by atoms with Gasteiger partial charge in [0.15, 0.2) is 4.34 Å². The Morgan fingerprint density at radius 1 is 1.12 bits per heavy atom. The Kier molecular flexibility index (Phi) is 5.85. The first kappa shape index (κ1) is 17.7. The van der Waals surface area contributed by atoms with E-state index in [0.717, 1.165) is 9.90 Å². The van der Waals surface area contributed by atoms with Gasteiger partial charge in [-0.25, -0.2) is 9.18 Å². The summed E-state index contributed by atoms with van der Waals surface area (Å²) in [4.78, 5) is 11.9. The quantitative estimate of drug-likeness (QED) is 0.457. The normalized spacial score (nSPS) is 10.5. The molecule has 0 atom stereocenters. The number of nitrogens with one attached hydrogen (secondary N) is 2. The minimum absolute atomic E-state index is 0.365. The molecule has 0 saturated carbocycles. The molecule has 0 radical (unpaired) electrons. The Morgan fingerprint density at radius 3 is 2.64 bits per heavy atom. The smallest absolute Gasteiger partial charge is 0.308 e. The molecule has 25 heavy (non-hydrogen) atoms. The number of thioether (sulfide) groups is 1. The van der Waals surface area contributed by atoms with Crippen LogP contribution in [-0.4, -0.2) is 16.2 Å².